The highest BCUT2D eigenvalue weighted by molar-refractivity contribution is 7.89. The molecule has 1 fully saturated rings. The molecule has 1 aromatic carbocycles. The van der Waals surface area contributed by atoms with E-state index in [1.54, 1.807) is 12.1 Å². The maximum absolute atomic E-state index is 12.3. The summed E-state index contributed by atoms with van der Waals surface area (Å²) in [5.41, 5.74) is 1.01. The molecule has 0 heterocycles. The molecule has 1 aliphatic carbocycles. The fourth-order valence-electron chi connectivity index (χ4n) is 2.49. The smallest absolute Gasteiger partial charge is 0.240 e. The van der Waals surface area contributed by atoms with Gasteiger partial charge >= 0.3 is 0 Å². The minimum atomic E-state index is -3.39. The van der Waals surface area contributed by atoms with E-state index >= 15 is 0 Å². The van der Waals surface area contributed by atoms with Crippen LogP contribution in [0.15, 0.2) is 29.2 Å². The van der Waals surface area contributed by atoms with Gasteiger partial charge in [0.25, 0.3) is 0 Å². The summed E-state index contributed by atoms with van der Waals surface area (Å²) >= 11 is 0. The largest absolute Gasteiger partial charge is 0.313 e. The number of nitrogens with one attached hydrogen (secondary N) is 2. The molecular formula is C15H24N2O2S. The van der Waals surface area contributed by atoms with Crippen molar-refractivity contribution in [3.8, 4) is 0 Å². The minimum absolute atomic E-state index is 0.189. The lowest BCUT2D eigenvalue weighted by molar-refractivity contribution is 0.567. The van der Waals surface area contributed by atoms with Gasteiger partial charge in [0.2, 0.25) is 10.0 Å². The van der Waals surface area contributed by atoms with E-state index in [0.717, 1.165) is 18.4 Å². The average molecular weight is 296 g/mol. The van der Waals surface area contributed by atoms with Crippen molar-refractivity contribution in [2.75, 3.05) is 13.6 Å². The Balaban J connectivity index is 2.12. The molecule has 0 radical (unpaired) electrons. The van der Waals surface area contributed by atoms with E-state index in [1.165, 1.54) is 0 Å². The van der Waals surface area contributed by atoms with Gasteiger partial charge in [0.1, 0.15) is 0 Å². The first-order valence-corrected chi connectivity index (χ1v) is 8.73. The Morgan fingerprint density at radius 3 is 2.65 bits per heavy atom. The van der Waals surface area contributed by atoms with Crippen LogP contribution in [0.2, 0.25) is 0 Å². The van der Waals surface area contributed by atoms with E-state index in [-0.39, 0.29) is 6.04 Å². The van der Waals surface area contributed by atoms with Gasteiger partial charge in [-0.1, -0.05) is 26.0 Å². The summed E-state index contributed by atoms with van der Waals surface area (Å²) < 4.78 is 27.3. The Morgan fingerprint density at radius 2 is 2.10 bits per heavy atom. The van der Waals surface area contributed by atoms with Crippen molar-refractivity contribution in [2.24, 2.45) is 11.8 Å². The lowest BCUT2D eigenvalue weighted by atomic mass is 10.1. The van der Waals surface area contributed by atoms with E-state index in [9.17, 15) is 8.42 Å². The summed E-state index contributed by atoms with van der Waals surface area (Å²) in [4.78, 5) is 0.358. The maximum Gasteiger partial charge on any atom is 0.240 e. The molecule has 2 rings (SSSR count). The molecule has 3 unspecified atom stereocenters. The van der Waals surface area contributed by atoms with Crippen molar-refractivity contribution in [2.45, 2.75) is 37.6 Å². The standard InChI is InChI=1S/C15H24N2O2S/c1-4-15(16-3)12-6-5-7-14(9-12)20(18,19)17-10-13-8-11(13)2/h5-7,9,11,13,15-17H,4,8,10H2,1-3H3. The predicted molar refractivity (Wildman–Crippen MR) is 81.0 cm³/mol. The molecule has 0 amide bonds. The van der Waals surface area contributed by atoms with Gasteiger partial charge in [-0.2, -0.15) is 0 Å². The lowest BCUT2D eigenvalue weighted by Gasteiger charge is -2.15. The summed E-state index contributed by atoms with van der Waals surface area (Å²) in [7, 11) is -1.50. The first-order valence-electron chi connectivity index (χ1n) is 7.24. The zero-order valence-electron chi connectivity index (χ0n) is 12.4. The minimum Gasteiger partial charge on any atom is -0.313 e. The fourth-order valence-corrected chi connectivity index (χ4v) is 3.64. The number of hydrogen-bond donors (Lipinski definition) is 2. The molecular weight excluding hydrogens is 272 g/mol. The van der Waals surface area contributed by atoms with Gasteiger partial charge < -0.3 is 5.32 Å². The van der Waals surface area contributed by atoms with Gasteiger partial charge in [-0.15, -0.1) is 0 Å². The van der Waals surface area contributed by atoms with Crippen molar-refractivity contribution in [1.82, 2.24) is 10.0 Å². The monoisotopic (exact) mass is 296 g/mol. The van der Waals surface area contributed by atoms with Crippen LogP contribution in [0.4, 0.5) is 0 Å². The fraction of sp³-hybridized carbons (Fsp3) is 0.600. The van der Waals surface area contributed by atoms with Gasteiger partial charge in [-0.05, 0) is 49.4 Å². The summed E-state index contributed by atoms with van der Waals surface area (Å²) in [6, 6.07) is 7.39. The lowest BCUT2D eigenvalue weighted by Crippen LogP contribution is -2.26. The summed E-state index contributed by atoms with van der Waals surface area (Å²) in [5.74, 6) is 1.16. The normalized spacial score (nSPS) is 23.6. The van der Waals surface area contributed by atoms with Crippen molar-refractivity contribution < 1.29 is 8.42 Å². The molecule has 0 bridgehead atoms. The Bertz CT molecular complexity index is 553. The second-order valence-electron chi connectivity index (χ2n) is 5.65. The maximum atomic E-state index is 12.3. The van der Waals surface area contributed by atoms with E-state index in [1.807, 2.05) is 19.2 Å². The van der Waals surface area contributed by atoms with Crippen LogP contribution < -0.4 is 10.0 Å². The molecule has 0 saturated heterocycles. The van der Waals surface area contributed by atoms with Crippen molar-refractivity contribution in [1.29, 1.82) is 0 Å². The molecule has 3 atom stereocenters. The first kappa shape index (κ1) is 15.5. The molecule has 4 nitrogen and oxygen atoms in total. The predicted octanol–water partition coefficient (Wildman–Crippen LogP) is 2.29. The number of rotatable bonds is 7. The molecule has 1 saturated carbocycles. The van der Waals surface area contributed by atoms with Crippen molar-refractivity contribution >= 4 is 10.0 Å². The van der Waals surface area contributed by atoms with Crippen molar-refractivity contribution in [3.05, 3.63) is 29.8 Å². The van der Waals surface area contributed by atoms with E-state index in [4.69, 9.17) is 0 Å². The third kappa shape index (κ3) is 3.59. The topological polar surface area (TPSA) is 58.2 Å². The molecule has 0 aromatic heterocycles. The Hall–Kier alpha value is -0.910. The van der Waals surface area contributed by atoms with E-state index < -0.39 is 10.0 Å². The quantitative estimate of drug-likeness (QED) is 0.811. The van der Waals surface area contributed by atoms with Crippen LogP contribution in [-0.4, -0.2) is 22.0 Å². The van der Waals surface area contributed by atoms with Crippen LogP contribution in [0.1, 0.15) is 38.3 Å². The number of sulfonamides is 1. The van der Waals surface area contributed by atoms with E-state index in [2.05, 4.69) is 23.9 Å². The molecule has 0 aliphatic heterocycles. The first-order chi connectivity index (χ1) is 9.47. The van der Waals surface area contributed by atoms with Gasteiger partial charge in [-0.25, -0.2) is 13.1 Å². The molecule has 1 aromatic rings. The van der Waals surface area contributed by atoms with Crippen LogP contribution in [0.5, 0.6) is 0 Å². The molecule has 5 heteroatoms. The van der Waals surface area contributed by atoms with Crippen LogP contribution in [0, 0.1) is 11.8 Å². The average Bonchev–Trinajstić information content (AvgIpc) is 3.15. The van der Waals surface area contributed by atoms with Crippen LogP contribution in [0.25, 0.3) is 0 Å². The van der Waals surface area contributed by atoms with Gasteiger partial charge in [0, 0.05) is 12.6 Å². The van der Waals surface area contributed by atoms with Crippen LogP contribution in [-0.2, 0) is 10.0 Å². The Morgan fingerprint density at radius 1 is 1.40 bits per heavy atom. The third-order valence-electron chi connectivity index (χ3n) is 4.14. The second kappa shape index (κ2) is 6.24. The highest BCUT2D eigenvalue weighted by atomic mass is 32.2. The summed E-state index contributed by atoms with van der Waals surface area (Å²) in [6.45, 7) is 4.78. The van der Waals surface area contributed by atoms with Gasteiger partial charge in [0.05, 0.1) is 4.90 Å². The summed E-state index contributed by atoms with van der Waals surface area (Å²) in [5, 5.41) is 3.20. The second-order valence-corrected chi connectivity index (χ2v) is 7.41. The number of hydrogen-bond acceptors (Lipinski definition) is 3. The van der Waals surface area contributed by atoms with Crippen LogP contribution in [0.3, 0.4) is 0 Å². The van der Waals surface area contributed by atoms with E-state index in [0.29, 0.717) is 23.3 Å². The highest BCUT2D eigenvalue weighted by Crippen LogP contribution is 2.37. The molecule has 1 aliphatic rings. The zero-order chi connectivity index (χ0) is 14.8. The molecule has 2 N–H and O–H groups in total. The van der Waals surface area contributed by atoms with Gasteiger partial charge in [0.15, 0.2) is 0 Å². The molecule has 0 spiro atoms. The van der Waals surface area contributed by atoms with Crippen LogP contribution >= 0.6 is 0 Å². The third-order valence-corrected chi connectivity index (χ3v) is 5.56. The Kier molecular flexibility index (Phi) is 4.83. The summed E-state index contributed by atoms with van der Waals surface area (Å²) in [6.07, 6.45) is 2.05. The highest BCUT2D eigenvalue weighted by Gasteiger charge is 2.33. The van der Waals surface area contributed by atoms with Crippen molar-refractivity contribution in [3.63, 3.8) is 0 Å². The van der Waals surface area contributed by atoms with Gasteiger partial charge in [-0.3, -0.25) is 0 Å². The molecule has 112 valence electrons. The zero-order valence-corrected chi connectivity index (χ0v) is 13.2. The Labute approximate surface area is 122 Å². The SMILES string of the molecule is CCC(NC)c1cccc(S(=O)(=O)NCC2CC2C)c1. The number of benzene rings is 1. The molecule has 20 heavy (non-hydrogen) atoms.